The van der Waals surface area contributed by atoms with Crippen LogP contribution in [0.4, 0.5) is 4.79 Å². The quantitative estimate of drug-likeness (QED) is 0.180. The van der Waals surface area contributed by atoms with Gasteiger partial charge in [-0.2, -0.15) is 0 Å². The molecule has 0 radical (unpaired) electrons. The van der Waals surface area contributed by atoms with Gasteiger partial charge in [-0.25, -0.2) is 18.2 Å². The SMILES string of the molecule is C=C[C@@H]1C[C@]1(NC(=O)[C@@H]1C[C@@H](Oc2cc(-c3ccccc3)nc3cc(OC)ccc23)CN1C(=O)[C@H]([C@@H](C)CC)N(C)C(=O)NC1CCCC1)C(=O)NS(=O)(=O)C1CC1. The van der Waals surface area contributed by atoms with E-state index in [4.69, 9.17) is 14.5 Å². The van der Waals surface area contributed by atoms with Gasteiger partial charge >= 0.3 is 6.03 Å². The number of likely N-dealkylation sites (tertiary alicyclic amines) is 1. The number of nitrogens with one attached hydrogen (secondary N) is 3. The number of carbonyl (C=O) groups excluding carboxylic acids is 4. The van der Waals surface area contributed by atoms with Gasteiger partial charge in [0.25, 0.3) is 5.91 Å². The third-order valence-electron chi connectivity index (χ3n) is 12.3. The van der Waals surface area contributed by atoms with Crippen molar-refractivity contribution in [1.82, 2.24) is 30.1 Å². The first kappa shape index (κ1) is 41.0. The van der Waals surface area contributed by atoms with Crippen LogP contribution in [0.1, 0.15) is 71.6 Å². The molecular weight excluding hydrogens is 761 g/mol. The van der Waals surface area contributed by atoms with Gasteiger partial charge in [-0.05, 0) is 50.2 Å². The van der Waals surface area contributed by atoms with Crippen LogP contribution >= 0.6 is 0 Å². The number of urea groups is 1. The van der Waals surface area contributed by atoms with E-state index in [-0.39, 0.29) is 37.4 Å². The van der Waals surface area contributed by atoms with Crippen LogP contribution in [0.3, 0.4) is 0 Å². The van der Waals surface area contributed by atoms with E-state index in [0.717, 1.165) is 31.2 Å². The minimum atomic E-state index is -3.91. The van der Waals surface area contributed by atoms with Crippen molar-refractivity contribution in [2.75, 3.05) is 20.7 Å². The molecule has 4 fully saturated rings. The first-order valence-electron chi connectivity index (χ1n) is 20.3. The van der Waals surface area contributed by atoms with E-state index in [2.05, 4.69) is 21.9 Å². The van der Waals surface area contributed by atoms with E-state index in [1.165, 1.54) is 15.9 Å². The Balaban J connectivity index is 1.21. The van der Waals surface area contributed by atoms with Crippen LogP contribution in [-0.2, 0) is 24.4 Å². The summed E-state index contributed by atoms with van der Waals surface area (Å²) < 4.78 is 40.1. The molecule has 4 aliphatic rings. The first-order valence-corrected chi connectivity index (χ1v) is 21.9. The number of hydrogen-bond acceptors (Lipinski definition) is 9. The van der Waals surface area contributed by atoms with Crippen molar-refractivity contribution in [1.29, 1.82) is 0 Å². The highest BCUT2D eigenvalue weighted by molar-refractivity contribution is 7.91. The first-order chi connectivity index (χ1) is 27.8. The van der Waals surface area contributed by atoms with Crippen molar-refractivity contribution < 1.29 is 37.1 Å². The average molecular weight is 815 g/mol. The molecule has 7 rings (SSSR count). The molecule has 1 aromatic heterocycles. The highest BCUT2D eigenvalue weighted by atomic mass is 32.2. The molecule has 3 saturated carbocycles. The molecule has 310 valence electrons. The number of rotatable bonds is 15. The molecule has 0 spiro atoms. The second kappa shape index (κ2) is 16.6. The molecule has 3 N–H and O–H groups in total. The Kier molecular flexibility index (Phi) is 11.7. The van der Waals surface area contributed by atoms with E-state index in [1.54, 1.807) is 14.2 Å². The van der Waals surface area contributed by atoms with Gasteiger partial charge in [0.1, 0.15) is 35.2 Å². The number of amides is 5. The highest BCUT2D eigenvalue weighted by Gasteiger charge is 2.62. The molecule has 0 unspecified atom stereocenters. The minimum absolute atomic E-state index is 0.00270. The summed E-state index contributed by atoms with van der Waals surface area (Å²) in [6.07, 6.45) is 6.36. The molecule has 5 amide bonds. The number of pyridine rings is 1. The average Bonchev–Trinajstić information content (AvgIpc) is 4.10. The van der Waals surface area contributed by atoms with Crippen LogP contribution in [0, 0.1) is 11.8 Å². The third kappa shape index (κ3) is 8.36. The number of ether oxygens (including phenoxy) is 2. The van der Waals surface area contributed by atoms with Crippen molar-refractivity contribution in [2.24, 2.45) is 11.8 Å². The van der Waals surface area contributed by atoms with E-state index in [1.807, 2.05) is 68.4 Å². The lowest BCUT2D eigenvalue weighted by Gasteiger charge is -2.36. The molecule has 1 saturated heterocycles. The number of sulfonamides is 1. The summed E-state index contributed by atoms with van der Waals surface area (Å²) in [7, 11) is -0.716. The zero-order valence-corrected chi connectivity index (χ0v) is 34.4. The van der Waals surface area contributed by atoms with Crippen molar-refractivity contribution >= 4 is 44.7 Å². The zero-order chi connectivity index (χ0) is 41.4. The number of benzene rings is 2. The fraction of sp³-hybridized carbons (Fsp3) is 0.512. The lowest BCUT2D eigenvalue weighted by atomic mass is 9.96. The predicted octanol–water partition coefficient (Wildman–Crippen LogP) is 4.93. The van der Waals surface area contributed by atoms with Gasteiger partial charge in [0, 0.05) is 48.5 Å². The topological polar surface area (TPSA) is 176 Å². The molecule has 6 atom stereocenters. The van der Waals surface area contributed by atoms with Crippen LogP contribution in [0.5, 0.6) is 11.5 Å². The van der Waals surface area contributed by atoms with Crippen molar-refractivity contribution in [3.8, 4) is 22.8 Å². The summed E-state index contributed by atoms with van der Waals surface area (Å²) in [4.78, 5) is 64.6. The monoisotopic (exact) mass is 814 g/mol. The molecule has 2 heterocycles. The Hall–Kier alpha value is -5.18. The standard InChI is InChI=1S/C43H54N6O8S/c1-6-26(3)38(48(4)42(53)44-29-15-11-12-16-29)40(51)49-25-31(22-36(49)39(50)46-43(24-28(43)7-2)41(52)47-58(54,55)32-18-19-32)57-37-23-34(27-13-9-8-10-14-27)45-35-21-30(56-5)17-20-33(35)37/h7-10,13-14,17,20-21,23,26,28-29,31-32,36,38H,2,6,11-12,15-16,18-19,22,24-25H2,1,3-5H3,(H,44,53)(H,46,50)(H,47,52)/t26-,28+,31+,36-,38-,43+/m0/s1. The summed E-state index contributed by atoms with van der Waals surface area (Å²) in [6, 6.07) is 14.6. The van der Waals surface area contributed by atoms with E-state index < -0.39 is 62.6 Å². The molecule has 15 heteroatoms. The van der Waals surface area contributed by atoms with E-state index in [0.29, 0.717) is 47.4 Å². The number of likely N-dealkylation sites (N-methyl/N-ethyl adjacent to an activating group) is 1. The third-order valence-corrected chi connectivity index (χ3v) is 14.1. The Morgan fingerprint density at radius 3 is 2.43 bits per heavy atom. The number of nitrogens with zero attached hydrogens (tertiary/aromatic N) is 3. The number of fused-ring (bicyclic) bond motifs is 1. The van der Waals surface area contributed by atoms with Crippen molar-refractivity contribution in [2.45, 2.75) is 107 Å². The van der Waals surface area contributed by atoms with Gasteiger partial charge in [0.2, 0.25) is 21.8 Å². The maximum absolute atomic E-state index is 14.9. The Bertz CT molecular complexity index is 2180. The molecule has 3 aliphatic carbocycles. The molecule has 2 aromatic carbocycles. The van der Waals surface area contributed by atoms with Gasteiger partial charge < -0.3 is 29.9 Å². The number of aromatic nitrogens is 1. The predicted molar refractivity (Wildman–Crippen MR) is 219 cm³/mol. The maximum Gasteiger partial charge on any atom is 0.318 e. The summed E-state index contributed by atoms with van der Waals surface area (Å²) in [5.74, 6) is -1.56. The highest BCUT2D eigenvalue weighted by Crippen LogP contribution is 2.46. The van der Waals surface area contributed by atoms with Crippen molar-refractivity contribution in [3.05, 3.63) is 67.3 Å². The van der Waals surface area contributed by atoms with Gasteiger partial charge in [-0.1, -0.05) is 69.5 Å². The largest absolute Gasteiger partial charge is 0.497 e. The lowest BCUT2D eigenvalue weighted by molar-refractivity contribution is -0.143. The van der Waals surface area contributed by atoms with E-state index >= 15 is 0 Å². The van der Waals surface area contributed by atoms with E-state index in [9.17, 15) is 27.6 Å². The number of hydrogen-bond donors (Lipinski definition) is 3. The Morgan fingerprint density at radius 2 is 1.79 bits per heavy atom. The van der Waals surface area contributed by atoms with Crippen LogP contribution in [0.25, 0.3) is 22.2 Å². The minimum Gasteiger partial charge on any atom is -0.497 e. The molecule has 0 bridgehead atoms. The summed E-state index contributed by atoms with van der Waals surface area (Å²) in [6.45, 7) is 7.67. The molecule has 1 aliphatic heterocycles. The fourth-order valence-corrected chi connectivity index (χ4v) is 9.75. The summed E-state index contributed by atoms with van der Waals surface area (Å²) in [5.41, 5.74) is 0.594. The summed E-state index contributed by atoms with van der Waals surface area (Å²) in [5, 5.41) is 6.02. The summed E-state index contributed by atoms with van der Waals surface area (Å²) >= 11 is 0. The number of methoxy groups -OCH3 is 1. The van der Waals surface area contributed by atoms with Crippen LogP contribution < -0.4 is 24.8 Å². The maximum atomic E-state index is 14.9. The second-order valence-corrected chi connectivity index (χ2v) is 18.3. The second-order valence-electron chi connectivity index (χ2n) is 16.3. The van der Waals surface area contributed by atoms with Crippen molar-refractivity contribution in [3.63, 3.8) is 0 Å². The van der Waals surface area contributed by atoms with Crippen LogP contribution in [0.2, 0.25) is 0 Å². The number of carbonyl (C=O) groups is 4. The fourth-order valence-electron chi connectivity index (χ4n) is 8.39. The lowest BCUT2D eigenvalue weighted by Crippen LogP contribution is -2.60. The molecular formula is C43H54N6O8S. The Morgan fingerprint density at radius 1 is 1.07 bits per heavy atom. The Labute approximate surface area is 340 Å². The normalized spacial score (nSPS) is 24.1. The van der Waals surface area contributed by atoms with Gasteiger partial charge in [0.05, 0.1) is 30.1 Å². The van der Waals surface area contributed by atoms with Gasteiger partial charge in [-0.3, -0.25) is 19.1 Å². The zero-order valence-electron chi connectivity index (χ0n) is 33.6. The molecule has 14 nitrogen and oxygen atoms in total. The van der Waals surface area contributed by atoms with Gasteiger partial charge in [0.15, 0.2) is 0 Å². The smallest absolute Gasteiger partial charge is 0.318 e. The van der Waals surface area contributed by atoms with Gasteiger partial charge in [-0.15, -0.1) is 6.58 Å². The van der Waals surface area contributed by atoms with Crippen LogP contribution in [-0.4, -0.2) is 103 Å². The molecule has 3 aromatic rings. The molecule has 58 heavy (non-hydrogen) atoms. The van der Waals surface area contributed by atoms with Crippen LogP contribution in [0.15, 0.2) is 67.3 Å².